The fourth-order valence-corrected chi connectivity index (χ4v) is 1.78. The first-order valence-corrected chi connectivity index (χ1v) is 5.46. The third kappa shape index (κ3) is 3.10. The summed E-state index contributed by atoms with van der Waals surface area (Å²) in [6.07, 6.45) is 0.826. The Morgan fingerprint density at radius 2 is 2.24 bits per heavy atom. The van der Waals surface area contributed by atoms with E-state index in [-0.39, 0.29) is 23.7 Å². The summed E-state index contributed by atoms with van der Waals surface area (Å²) in [5.74, 6) is -0.843. The van der Waals surface area contributed by atoms with Gasteiger partial charge in [0, 0.05) is 13.0 Å². The Kier molecular flexibility index (Phi) is 3.49. The predicted octanol–water partition coefficient (Wildman–Crippen LogP) is 0.720. The summed E-state index contributed by atoms with van der Waals surface area (Å²) in [4.78, 5) is 22.4. The van der Waals surface area contributed by atoms with Crippen LogP contribution < -0.4 is 10.6 Å². The van der Waals surface area contributed by atoms with Crippen LogP contribution in [0.1, 0.15) is 18.4 Å². The molecule has 1 aliphatic rings. The highest BCUT2D eigenvalue weighted by Crippen LogP contribution is 2.07. The molecule has 1 aromatic carbocycles. The van der Waals surface area contributed by atoms with Gasteiger partial charge in [0.25, 0.3) is 0 Å². The Bertz CT molecular complexity index is 448. The lowest BCUT2D eigenvalue weighted by Crippen LogP contribution is -2.50. The fourth-order valence-electron chi connectivity index (χ4n) is 1.78. The van der Waals surface area contributed by atoms with Crippen molar-refractivity contribution < 1.29 is 14.0 Å². The minimum Gasteiger partial charge on any atom is -0.302 e. The van der Waals surface area contributed by atoms with E-state index in [1.165, 1.54) is 12.1 Å². The molecule has 0 aromatic heterocycles. The summed E-state index contributed by atoms with van der Waals surface area (Å²) in [6.45, 7) is 0.407. The van der Waals surface area contributed by atoms with E-state index in [1.54, 1.807) is 12.1 Å². The molecule has 0 radical (unpaired) electrons. The molecule has 0 saturated carbocycles. The highest BCUT2D eigenvalue weighted by molar-refractivity contribution is 6.00. The number of imide groups is 1. The van der Waals surface area contributed by atoms with Gasteiger partial charge in [-0.1, -0.05) is 12.1 Å². The van der Waals surface area contributed by atoms with Crippen molar-refractivity contribution in [3.05, 3.63) is 35.6 Å². The normalized spacial score (nSPS) is 20.2. The summed E-state index contributed by atoms with van der Waals surface area (Å²) < 4.78 is 12.9. The molecule has 4 nitrogen and oxygen atoms in total. The van der Waals surface area contributed by atoms with E-state index >= 15 is 0 Å². The summed E-state index contributed by atoms with van der Waals surface area (Å²) >= 11 is 0. The lowest BCUT2D eigenvalue weighted by molar-refractivity contribution is -0.134. The Balaban J connectivity index is 1.90. The summed E-state index contributed by atoms with van der Waals surface area (Å²) in [5.41, 5.74) is 0.773. The Morgan fingerprint density at radius 1 is 1.41 bits per heavy atom. The number of hydrogen-bond acceptors (Lipinski definition) is 3. The van der Waals surface area contributed by atoms with Gasteiger partial charge in [-0.15, -0.1) is 0 Å². The van der Waals surface area contributed by atoms with Crippen LogP contribution >= 0.6 is 0 Å². The van der Waals surface area contributed by atoms with Crippen LogP contribution in [0.25, 0.3) is 0 Å². The third-order valence-corrected chi connectivity index (χ3v) is 2.68. The third-order valence-electron chi connectivity index (χ3n) is 2.68. The average Bonchev–Trinajstić information content (AvgIpc) is 2.28. The van der Waals surface area contributed by atoms with E-state index in [9.17, 15) is 14.0 Å². The van der Waals surface area contributed by atoms with Crippen molar-refractivity contribution in [1.82, 2.24) is 10.6 Å². The van der Waals surface area contributed by atoms with E-state index in [2.05, 4.69) is 10.6 Å². The van der Waals surface area contributed by atoms with Crippen molar-refractivity contribution in [2.45, 2.75) is 25.4 Å². The zero-order valence-electron chi connectivity index (χ0n) is 9.20. The molecule has 1 saturated heterocycles. The molecule has 1 aromatic rings. The van der Waals surface area contributed by atoms with E-state index in [0.29, 0.717) is 19.4 Å². The zero-order valence-corrected chi connectivity index (χ0v) is 9.20. The molecular weight excluding hydrogens is 223 g/mol. The second-order valence-corrected chi connectivity index (χ2v) is 4.01. The van der Waals surface area contributed by atoms with Gasteiger partial charge in [-0.05, 0) is 24.1 Å². The van der Waals surface area contributed by atoms with Gasteiger partial charge in [0.2, 0.25) is 11.8 Å². The second-order valence-electron chi connectivity index (χ2n) is 4.01. The van der Waals surface area contributed by atoms with Gasteiger partial charge < -0.3 is 5.32 Å². The minimum absolute atomic E-state index is 0.237. The maximum atomic E-state index is 12.9. The number of benzene rings is 1. The van der Waals surface area contributed by atoms with Gasteiger partial charge in [0.15, 0.2) is 0 Å². The number of piperidine rings is 1. The van der Waals surface area contributed by atoms with Gasteiger partial charge in [-0.25, -0.2) is 4.39 Å². The first kappa shape index (κ1) is 11.7. The largest absolute Gasteiger partial charge is 0.302 e. The van der Waals surface area contributed by atoms with Gasteiger partial charge in [0.05, 0.1) is 6.04 Å². The highest BCUT2D eigenvalue weighted by atomic mass is 19.1. The predicted molar refractivity (Wildman–Crippen MR) is 59.4 cm³/mol. The van der Waals surface area contributed by atoms with Crippen molar-refractivity contribution in [3.8, 4) is 0 Å². The number of rotatable bonds is 3. The molecule has 1 aliphatic heterocycles. The van der Waals surface area contributed by atoms with Gasteiger partial charge in [-0.3, -0.25) is 14.9 Å². The van der Waals surface area contributed by atoms with Gasteiger partial charge in [0.1, 0.15) is 5.82 Å². The molecule has 1 unspecified atom stereocenters. The topological polar surface area (TPSA) is 58.2 Å². The maximum absolute atomic E-state index is 12.9. The number of carbonyl (C=O) groups excluding carboxylic acids is 2. The molecule has 2 amide bonds. The molecule has 1 atom stereocenters. The van der Waals surface area contributed by atoms with Crippen molar-refractivity contribution in [3.63, 3.8) is 0 Å². The van der Waals surface area contributed by atoms with Gasteiger partial charge >= 0.3 is 0 Å². The highest BCUT2D eigenvalue weighted by Gasteiger charge is 2.25. The standard InChI is InChI=1S/C12H13FN2O2/c13-9-3-1-2-8(6-9)7-14-10-4-5-11(16)15-12(10)17/h1-3,6,10,14H,4-5,7H2,(H,15,16,17). The average molecular weight is 236 g/mol. The van der Waals surface area contributed by atoms with Crippen molar-refractivity contribution >= 4 is 11.8 Å². The van der Waals surface area contributed by atoms with E-state index in [4.69, 9.17) is 0 Å². The van der Waals surface area contributed by atoms with E-state index in [0.717, 1.165) is 5.56 Å². The maximum Gasteiger partial charge on any atom is 0.243 e. The molecule has 5 heteroatoms. The van der Waals surface area contributed by atoms with Crippen LogP contribution in [0.2, 0.25) is 0 Å². The number of amides is 2. The molecule has 2 rings (SSSR count). The number of carbonyl (C=O) groups is 2. The van der Waals surface area contributed by atoms with Crippen LogP contribution in [0.4, 0.5) is 4.39 Å². The number of nitrogens with one attached hydrogen (secondary N) is 2. The van der Waals surface area contributed by atoms with Crippen LogP contribution in [0, 0.1) is 5.82 Å². The van der Waals surface area contributed by atoms with Crippen molar-refractivity contribution in [1.29, 1.82) is 0 Å². The Morgan fingerprint density at radius 3 is 2.94 bits per heavy atom. The van der Waals surface area contributed by atoms with Gasteiger partial charge in [-0.2, -0.15) is 0 Å². The van der Waals surface area contributed by atoms with E-state index in [1.807, 2.05) is 0 Å². The summed E-state index contributed by atoms with van der Waals surface area (Å²) in [6, 6.07) is 5.81. The molecule has 0 aliphatic carbocycles. The first-order valence-electron chi connectivity index (χ1n) is 5.46. The Labute approximate surface area is 98.2 Å². The molecule has 1 fully saturated rings. The zero-order chi connectivity index (χ0) is 12.3. The molecule has 17 heavy (non-hydrogen) atoms. The first-order chi connectivity index (χ1) is 8.15. The molecule has 2 N–H and O–H groups in total. The molecule has 0 bridgehead atoms. The van der Waals surface area contributed by atoms with Crippen LogP contribution in [0.5, 0.6) is 0 Å². The number of hydrogen-bond donors (Lipinski definition) is 2. The lowest BCUT2D eigenvalue weighted by Gasteiger charge is -2.21. The monoisotopic (exact) mass is 236 g/mol. The van der Waals surface area contributed by atoms with E-state index < -0.39 is 0 Å². The Hall–Kier alpha value is -1.75. The smallest absolute Gasteiger partial charge is 0.243 e. The quantitative estimate of drug-likeness (QED) is 0.760. The lowest BCUT2D eigenvalue weighted by atomic mass is 10.1. The van der Waals surface area contributed by atoms with Crippen molar-refractivity contribution in [2.24, 2.45) is 0 Å². The fraction of sp³-hybridized carbons (Fsp3) is 0.333. The summed E-state index contributed by atoms with van der Waals surface area (Å²) in [5, 5.41) is 5.27. The van der Waals surface area contributed by atoms with Crippen LogP contribution in [0.15, 0.2) is 24.3 Å². The molecule has 1 heterocycles. The summed E-state index contributed by atoms with van der Waals surface area (Å²) in [7, 11) is 0. The van der Waals surface area contributed by atoms with Crippen LogP contribution in [-0.2, 0) is 16.1 Å². The van der Waals surface area contributed by atoms with Crippen LogP contribution in [0.3, 0.4) is 0 Å². The van der Waals surface area contributed by atoms with Crippen LogP contribution in [-0.4, -0.2) is 17.9 Å². The molecule has 0 spiro atoms. The molecular formula is C12H13FN2O2. The second kappa shape index (κ2) is 5.05. The molecule has 90 valence electrons. The number of halogens is 1. The SMILES string of the molecule is O=C1CCC(NCc2cccc(F)c2)C(=O)N1. The minimum atomic E-state index is -0.379. The van der Waals surface area contributed by atoms with Crippen molar-refractivity contribution in [2.75, 3.05) is 0 Å².